The van der Waals surface area contributed by atoms with Gasteiger partial charge in [-0.15, -0.1) is 0 Å². The Morgan fingerprint density at radius 1 is 1.10 bits per heavy atom. The average Bonchev–Trinajstić information content (AvgIpc) is 2.41. The molecule has 0 aromatic heterocycles. The summed E-state index contributed by atoms with van der Waals surface area (Å²) in [5, 5.41) is 0.436. The average molecular weight is 289 g/mol. The first-order valence-electron chi connectivity index (χ1n) is 6.55. The molecule has 2 nitrogen and oxygen atoms in total. The van der Waals surface area contributed by atoms with Gasteiger partial charge in [-0.2, -0.15) is 0 Å². The summed E-state index contributed by atoms with van der Waals surface area (Å²) in [6.07, 6.45) is 0. The smallest absolute Gasteiger partial charge is 0.159 e. The molecule has 0 unspecified atom stereocenters. The molecular formula is C17H17ClO2. The Balaban J connectivity index is 2.19. The van der Waals surface area contributed by atoms with Crippen LogP contribution in [-0.4, -0.2) is 5.78 Å². The molecule has 2 aromatic rings. The van der Waals surface area contributed by atoms with Crippen molar-refractivity contribution >= 4 is 17.4 Å². The van der Waals surface area contributed by atoms with Crippen molar-refractivity contribution < 1.29 is 9.53 Å². The van der Waals surface area contributed by atoms with Crippen molar-refractivity contribution in [1.29, 1.82) is 0 Å². The van der Waals surface area contributed by atoms with Crippen LogP contribution in [0, 0.1) is 0 Å². The van der Waals surface area contributed by atoms with Crippen molar-refractivity contribution in [2.75, 3.05) is 0 Å². The van der Waals surface area contributed by atoms with Gasteiger partial charge in [-0.05, 0) is 48.7 Å². The molecule has 0 aliphatic carbocycles. The maximum absolute atomic E-state index is 11.3. The van der Waals surface area contributed by atoms with Crippen LogP contribution in [0.5, 0.6) is 11.5 Å². The van der Waals surface area contributed by atoms with E-state index in [1.165, 1.54) is 12.5 Å². The Morgan fingerprint density at radius 2 is 1.75 bits per heavy atom. The van der Waals surface area contributed by atoms with E-state index in [1.807, 2.05) is 24.3 Å². The van der Waals surface area contributed by atoms with Crippen molar-refractivity contribution in [3.05, 3.63) is 58.6 Å². The third kappa shape index (κ3) is 3.40. The van der Waals surface area contributed by atoms with Gasteiger partial charge >= 0.3 is 0 Å². The Bertz CT molecular complexity index is 615. The van der Waals surface area contributed by atoms with Crippen molar-refractivity contribution in [3.63, 3.8) is 0 Å². The molecule has 20 heavy (non-hydrogen) atoms. The zero-order chi connectivity index (χ0) is 14.7. The normalized spacial score (nSPS) is 10.7. The molecule has 2 rings (SSSR count). The summed E-state index contributed by atoms with van der Waals surface area (Å²) in [5.74, 6) is 1.75. The van der Waals surface area contributed by atoms with Gasteiger partial charge in [0.25, 0.3) is 0 Å². The molecule has 0 fully saturated rings. The van der Waals surface area contributed by atoms with Gasteiger partial charge in [0.1, 0.15) is 11.5 Å². The van der Waals surface area contributed by atoms with E-state index in [1.54, 1.807) is 18.2 Å². The Morgan fingerprint density at radius 3 is 2.25 bits per heavy atom. The second-order valence-corrected chi connectivity index (χ2v) is 5.43. The lowest BCUT2D eigenvalue weighted by atomic mass is 10.0. The van der Waals surface area contributed by atoms with Crippen molar-refractivity contribution in [1.82, 2.24) is 0 Å². The number of ketones is 1. The van der Waals surface area contributed by atoms with Crippen molar-refractivity contribution in [2.45, 2.75) is 26.7 Å². The Labute approximate surface area is 124 Å². The standard InChI is InChI=1S/C17H17ClO2/c1-11(2)13-4-7-15(8-5-13)20-17-9-6-14(12(3)19)10-16(17)18/h4-11H,1-3H3. The van der Waals surface area contributed by atoms with Crippen LogP contribution in [0.4, 0.5) is 0 Å². The quantitative estimate of drug-likeness (QED) is 0.698. The lowest BCUT2D eigenvalue weighted by molar-refractivity contribution is 0.101. The van der Waals surface area contributed by atoms with Crippen LogP contribution >= 0.6 is 11.6 Å². The minimum Gasteiger partial charge on any atom is -0.456 e. The lowest BCUT2D eigenvalue weighted by Gasteiger charge is -2.10. The second-order valence-electron chi connectivity index (χ2n) is 5.03. The fraction of sp³-hybridized carbons (Fsp3) is 0.235. The Kier molecular flexibility index (Phi) is 4.46. The molecule has 0 radical (unpaired) electrons. The molecule has 0 bridgehead atoms. The van der Waals surface area contributed by atoms with Crippen LogP contribution in [-0.2, 0) is 0 Å². The fourth-order valence-electron chi connectivity index (χ4n) is 1.85. The topological polar surface area (TPSA) is 26.3 Å². The summed E-state index contributed by atoms with van der Waals surface area (Å²) in [4.78, 5) is 11.3. The molecule has 0 saturated carbocycles. The molecule has 2 aromatic carbocycles. The largest absolute Gasteiger partial charge is 0.456 e. The number of carbonyl (C=O) groups excluding carboxylic acids is 1. The van der Waals surface area contributed by atoms with Crippen LogP contribution in [0.3, 0.4) is 0 Å². The number of Topliss-reactive ketones (excluding diaryl/α,β-unsaturated/α-hetero) is 1. The summed E-state index contributed by atoms with van der Waals surface area (Å²) in [5.41, 5.74) is 1.84. The van der Waals surface area contributed by atoms with E-state index in [9.17, 15) is 4.79 Å². The van der Waals surface area contributed by atoms with Gasteiger partial charge in [0.15, 0.2) is 5.78 Å². The number of hydrogen-bond donors (Lipinski definition) is 0. The number of hydrogen-bond acceptors (Lipinski definition) is 2. The maximum atomic E-state index is 11.3. The van der Waals surface area contributed by atoms with E-state index in [0.29, 0.717) is 22.3 Å². The number of rotatable bonds is 4. The zero-order valence-corrected chi connectivity index (χ0v) is 12.6. The summed E-state index contributed by atoms with van der Waals surface area (Å²) in [6.45, 7) is 5.80. The van der Waals surface area contributed by atoms with Crippen molar-refractivity contribution in [2.24, 2.45) is 0 Å². The van der Waals surface area contributed by atoms with E-state index >= 15 is 0 Å². The summed E-state index contributed by atoms with van der Waals surface area (Å²) in [6, 6.07) is 13.0. The molecule has 0 heterocycles. The van der Waals surface area contributed by atoms with E-state index in [4.69, 9.17) is 16.3 Å². The molecule has 0 amide bonds. The highest BCUT2D eigenvalue weighted by Gasteiger charge is 2.07. The van der Waals surface area contributed by atoms with Crippen LogP contribution in [0.2, 0.25) is 5.02 Å². The van der Waals surface area contributed by atoms with Gasteiger partial charge in [-0.25, -0.2) is 0 Å². The maximum Gasteiger partial charge on any atom is 0.159 e. The lowest BCUT2D eigenvalue weighted by Crippen LogP contribution is -1.93. The monoisotopic (exact) mass is 288 g/mol. The predicted octanol–water partition coefficient (Wildman–Crippen LogP) is 5.46. The van der Waals surface area contributed by atoms with Crippen LogP contribution in [0.1, 0.15) is 42.6 Å². The van der Waals surface area contributed by atoms with Gasteiger partial charge in [-0.3, -0.25) is 4.79 Å². The van der Waals surface area contributed by atoms with Gasteiger partial charge in [0, 0.05) is 5.56 Å². The van der Waals surface area contributed by atoms with E-state index in [-0.39, 0.29) is 5.78 Å². The first kappa shape index (κ1) is 14.6. The van der Waals surface area contributed by atoms with Crippen molar-refractivity contribution in [3.8, 4) is 11.5 Å². The molecule has 0 spiro atoms. The highest BCUT2D eigenvalue weighted by atomic mass is 35.5. The minimum atomic E-state index is -0.0141. The van der Waals surface area contributed by atoms with Gasteiger partial charge in [0.2, 0.25) is 0 Å². The van der Waals surface area contributed by atoms with Gasteiger partial charge in [0.05, 0.1) is 5.02 Å². The molecule has 0 aliphatic rings. The highest BCUT2D eigenvalue weighted by molar-refractivity contribution is 6.32. The molecule has 0 saturated heterocycles. The predicted molar refractivity (Wildman–Crippen MR) is 82.1 cm³/mol. The summed E-state index contributed by atoms with van der Waals surface area (Å²) < 4.78 is 5.74. The number of carbonyl (C=O) groups is 1. The third-order valence-electron chi connectivity index (χ3n) is 3.11. The number of halogens is 1. The molecule has 3 heteroatoms. The van der Waals surface area contributed by atoms with E-state index in [2.05, 4.69) is 13.8 Å². The minimum absolute atomic E-state index is 0.0141. The van der Waals surface area contributed by atoms with E-state index in [0.717, 1.165) is 5.75 Å². The van der Waals surface area contributed by atoms with Crippen LogP contribution in [0.25, 0.3) is 0 Å². The summed E-state index contributed by atoms with van der Waals surface area (Å²) >= 11 is 6.13. The number of benzene rings is 2. The first-order valence-corrected chi connectivity index (χ1v) is 6.93. The SMILES string of the molecule is CC(=O)c1ccc(Oc2ccc(C(C)C)cc2)c(Cl)c1. The molecule has 0 N–H and O–H groups in total. The van der Waals surface area contributed by atoms with Gasteiger partial charge < -0.3 is 4.74 Å². The highest BCUT2D eigenvalue weighted by Crippen LogP contribution is 2.31. The Hall–Kier alpha value is -1.80. The zero-order valence-electron chi connectivity index (χ0n) is 11.8. The summed E-state index contributed by atoms with van der Waals surface area (Å²) in [7, 11) is 0. The molecule has 0 aliphatic heterocycles. The molecule has 0 atom stereocenters. The van der Waals surface area contributed by atoms with E-state index < -0.39 is 0 Å². The second kappa shape index (κ2) is 6.10. The number of ether oxygens (including phenoxy) is 1. The third-order valence-corrected chi connectivity index (χ3v) is 3.41. The van der Waals surface area contributed by atoms with Crippen LogP contribution in [0.15, 0.2) is 42.5 Å². The molecule has 104 valence electrons. The fourth-order valence-corrected chi connectivity index (χ4v) is 2.07. The molecular weight excluding hydrogens is 272 g/mol. The van der Waals surface area contributed by atoms with Gasteiger partial charge in [-0.1, -0.05) is 37.6 Å². The van der Waals surface area contributed by atoms with Crippen LogP contribution < -0.4 is 4.74 Å². The first-order chi connectivity index (χ1) is 9.47.